The molecule has 0 saturated heterocycles. The molecule has 0 atom stereocenters. The number of aryl methyl sites for hydroxylation is 1. The summed E-state index contributed by atoms with van der Waals surface area (Å²) in [5.41, 5.74) is 6.92. The molecule has 0 aliphatic heterocycles. The van der Waals surface area contributed by atoms with Gasteiger partial charge in [-0.3, -0.25) is 4.79 Å². The summed E-state index contributed by atoms with van der Waals surface area (Å²) in [6, 6.07) is 14.4. The number of carbonyl (C=O) groups excluding carboxylic acids is 1. The fourth-order valence-electron chi connectivity index (χ4n) is 2.77. The Hall–Kier alpha value is -2.08. The van der Waals surface area contributed by atoms with Crippen LogP contribution in [0.3, 0.4) is 0 Å². The number of halogens is 3. The number of hydrazone groups is 1. The van der Waals surface area contributed by atoms with Crippen molar-refractivity contribution in [3.63, 3.8) is 0 Å². The van der Waals surface area contributed by atoms with Crippen LogP contribution in [0, 0.1) is 13.8 Å². The summed E-state index contributed by atoms with van der Waals surface area (Å²) in [6.07, 6.45) is 1.63. The van der Waals surface area contributed by atoms with Crippen LogP contribution in [0.15, 0.2) is 58.1 Å². The number of rotatable bonds is 4. The van der Waals surface area contributed by atoms with Gasteiger partial charge in [-0.25, -0.2) is 5.43 Å². The van der Waals surface area contributed by atoms with Crippen molar-refractivity contribution in [3.8, 4) is 5.69 Å². The second-order valence-corrected chi connectivity index (χ2v) is 7.66. The Morgan fingerprint density at radius 1 is 1.11 bits per heavy atom. The highest BCUT2D eigenvalue weighted by Crippen LogP contribution is 2.27. The third kappa shape index (κ3) is 4.43. The number of nitrogens with one attached hydrogen (secondary N) is 1. The highest BCUT2D eigenvalue weighted by atomic mass is 79.9. The smallest absolute Gasteiger partial charge is 0.271 e. The van der Waals surface area contributed by atoms with E-state index in [1.54, 1.807) is 30.5 Å². The van der Waals surface area contributed by atoms with Crippen LogP contribution < -0.4 is 5.43 Å². The first kappa shape index (κ1) is 19.7. The Balaban J connectivity index is 1.79. The van der Waals surface area contributed by atoms with Gasteiger partial charge in [0.05, 0.1) is 11.2 Å². The van der Waals surface area contributed by atoms with Crippen molar-refractivity contribution in [3.05, 3.63) is 85.6 Å². The monoisotopic (exact) mass is 463 g/mol. The van der Waals surface area contributed by atoms with Gasteiger partial charge in [0.15, 0.2) is 0 Å². The zero-order valence-corrected chi connectivity index (χ0v) is 17.7. The van der Waals surface area contributed by atoms with Crippen LogP contribution in [0.25, 0.3) is 5.69 Å². The van der Waals surface area contributed by atoms with Gasteiger partial charge >= 0.3 is 0 Å². The number of amides is 1. The molecule has 1 heterocycles. The molecule has 3 aromatic rings. The van der Waals surface area contributed by atoms with Gasteiger partial charge in [-0.05, 0) is 78.3 Å². The third-order valence-electron chi connectivity index (χ3n) is 4.11. The Morgan fingerprint density at radius 3 is 2.48 bits per heavy atom. The van der Waals surface area contributed by atoms with E-state index in [4.69, 9.17) is 23.2 Å². The number of carbonyl (C=O) groups is 1. The van der Waals surface area contributed by atoms with Crippen molar-refractivity contribution in [2.24, 2.45) is 5.10 Å². The molecular formula is C20H16BrCl2N3O. The lowest BCUT2D eigenvalue weighted by molar-refractivity contribution is 0.0955. The Bertz CT molecular complexity index is 1030. The predicted octanol–water partition coefficient (Wildman–Crippen LogP) is 5.93. The van der Waals surface area contributed by atoms with Crippen molar-refractivity contribution in [2.45, 2.75) is 13.8 Å². The molecule has 0 saturated carbocycles. The average Bonchev–Trinajstić information content (AvgIpc) is 2.92. The third-order valence-corrected chi connectivity index (χ3v) is 5.59. The lowest BCUT2D eigenvalue weighted by Gasteiger charge is -2.10. The molecule has 0 aliphatic rings. The lowest BCUT2D eigenvalue weighted by atomic mass is 10.2. The SMILES string of the molecule is Cc1cc(/C=N\NC(=O)c2ccc(Cl)cc2)c(C)n1-c1ccc(Br)c(Cl)c1. The standard InChI is InChI=1S/C20H16BrCl2N3O/c1-12-9-15(11-24-25-20(27)14-3-5-16(22)6-4-14)13(2)26(12)17-7-8-18(21)19(23)10-17/h3-11H,1-2H3,(H,25,27)/b24-11-. The zero-order chi connectivity index (χ0) is 19.6. The first-order valence-electron chi connectivity index (χ1n) is 8.10. The van der Waals surface area contributed by atoms with Crippen LogP contribution in [0.5, 0.6) is 0 Å². The fraction of sp³-hybridized carbons (Fsp3) is 0.100. The van der Waals surface area contributed by atoms with E-state index in [1.165, 1.54) is 0 Å². The topological polar surface area (TPSA) is 46.4 Å². The first-order valence-corrected chi connectivity index (χ1v) is 9.65. The maximum Gasteiger partial charge on any atom is 0.271 e. The van der Waals surface area contributed by atoms with Gasteiger partial charge < -0.3 is 4.57 Å². The van der Waals surface area contributed by atoms with Crippen LogP contribution in [0.4, 0.5) is 0 Å². The van der Waals surface area contributed by atoms with Gasteiger partial charge in [0.25, 0.3) is 5.91 Å². The number of hydrogen-bond donors (Lipinski definition) is 1. The molecule has 7 heteroatoms. The Labute approximate surface area is 175 Å². The lowest BCUT2D eigenvalue weighted by Crippen LogP contribution is -2.17. The maximum atomic E-state index is 12.1. The molecule has 0 aliphatic carbocycles. The molecule has 2 aromatic carbocycles. The van der Waals surface area contributed by atoms with Crippen LogP contribution in [0.1, 0.15) is 27.3 Å². The highest BCUT2D eigenvalue weighted by molar-refractivity contribution is 9.10. The Kier molecular flexibility index (Phi) is 6.05. The highest BCUT2D eigenvalue weighted by Gasteiger charge is 2.11. The summed E-state index contributed by atoms with van der Waals surface area (Å²) in [6.45, 7) is 4.00. The number of aromatic nitrogens is 1. The maximum absolute atomic E-state index is 12.1. The van der Waals surface area contributed by atoms with Crippen molar-refractivity contribution in [1.29, 1.82) is 0 Å². The van der Waals surface area contributed by atoms with E-state index < -0.39 is 0 Å². The summed E-state index contributed by atoms with van der Waals surface area (Å²) < 4.78 is 2.93. The van der Waals surface area contributed by atoms with Gasteiger partial charge in [0.1, 0.15) is 0 Å². The molecule has 0 radical (unpaired) electrons. The second kappa shape index (κ2) is 8.30. The predicted molar refractivity (Wildman–Crippen MR) is 114 cm³/mol. The molecule has 138 valence electrons. The van der Waals surface area contributed by atoms with Crippen molar-refractivity contribution < 1.29 is 4.79 Å². The molecule has 27 heavy (non-hydrogen) atoms. The molecule has 4 nitrogen and oxygen atoms in total. The van der Waals surface area contributed by atoms with E-state index in [2.05, 4.69) is 31.0 Å². The van der Waals surface area contributed by atoms with E-state index in [0.717, 1.165) is 27.1 Å². The normalized spacial score (nSPS) is 11.1. The molecule has 1 N–H and O–H groups in total. The molecule has 0 bridgehead atoms. The van der Waals surface area contributed by atoms with E-state index in [1.807, 2.05) is 38.1 Å². The van der Waals surface area contributed by atoms with Gasteiger partial charge in [-0.15, -0.1) is 0 Å². The minimum atomic E-state index is -0.295. The summed E-state index contributed by atoms with van der Waals surface area (Å²) in [4.78, 5) is 12.1. The Morgan fingerprint density at radius 2 is 1.81 bits per heavy atom. The van der Waals surface area contributed by atoms with Crippen LogP contribution in [-0.4, -0.2) is 16.7 Å². The van der Waals surface area contributed by atoms with Crippen molar-refractivity contribution in [2.75, 3.05) is 0 Å². The summed E-state index contributed by atoms with van der Waals surface area (Å²) in [5.74, 6) is -0.295. The largest absolute Gasteiger partial charge is 0.318 e. The van der Waals surface area contributed by atoms with Crippen LogP contribution >= 0.6 is 39.1 Å². The molecule has 0 unspecified atom stereocenters. The van der Waals surface area contributed by atoms with Crippen LogP contribution in [-0.2, 0) is 0 Å². The van der Waals surface area contributed by atoms with E-state index in [9.17, 15) is 4.79 Å². The fourth-order valence-corrected chi connectivity index (χ4v) is 3.31. The second-order valence-electron chi connectivity index (χ2n) is 5.97. The number of benzene rings is 2. The minimum absolute atomic E-state index is 0.295. The molecule has 3 rings (SSSR count). The van der Waals surface area contributed by atoms with Crippen LogP contribution in [0.2, 0.25) is 10.0 Å². The quantitative estimate of drug-likeness (QED) is 0.377. The number of hydrogen-bond acceptors (Lipinski definition) is 2. The summed E-state index contributed by atoms with van der Waals surface area (Å²) in [7, 11) is 0. The minimum Gasteiger partial charge on any atom is -0.318 e. The molecule has 0 spiro atoms. The van der Waals surface area contributed by atoms with Crippen molar-refractivity contribution >= 4 is 51.3 Å². The van der Waals surface area contributed by atoms with E-state index in [0.29, 0.717) is 15.6 Å². The van der Waals surface area contributed by atoms with Gasteiger partial charge in [0.2, 0.25) is 0 Å². The van der Waals surface area contributed by atoms with E-state index in [-0.39, 0.29) is 5.91 Å². The van der Waals surface area contributed by atoms with Crippen molar-refractivity contribution in [1.82, 2.24) is 9.99 Å². The molecule has 1 amide bonds. The first-order chi connectivity index (χ1) is 12.9. The molecule has 0 fully saturated rings. The average molecular weight is 465 g/mol. The molecule has 1 aromatic heterocycles. The zero-order valence-electron chi connectivity index (χ0n) is 14.6. The summed E-state index contributed by atoms with van der Waals surface area (Å²) in [5, 5.41) is 5.30. The van der Waals surface area contributed by atoms with Gasteiger partial charge in [0, 0.05) is 37.7 Å². The molecular weight excluding hydrogens is 449 g/mol. The summed E-state index contributed by atoms with van der Waals surface area (Å²) >= 11 is 15.5. The van der Waals surface area contributed by atoms with E-state index >= 15 is 0 Å². The van der Waals surface area contributed by atoms with Gasteiger partial charge in [-0.1, -0.05) is 23.2 Å². The van der Waals surface area contributed by atoms with Gasteiger partial charge in [-0.2, -0.15) is 5.10 Å². The number of nitrogens with zero attached hydrogens (tertiary/aromatic N) is 2.